The standard InChI is InChI=1S/C23H17NO3S/c1-2-28-19-13-6-5-10-16(19)23(27)24-18-12-7-11-17-20(18)22(26)15-9-4-3-8-14(15)21(17)25/h3-13H,2H2,1H3,(H,24,27). The molecule has 1 N–H and O–H groups in total. The minimum Gasteiger partial charge on any atom is -0.321 e. The SMILES string of the molecule is CCSc1ccccc1C(=O)Nc1cccc2c1C(=O)c1ccccc1C2=O. The Bertz CT molecular complexity index is 1120. The number of benzene rings is 3. The van der Waals surface area contributed by atoms with Gasteiger partial charge in [0.1, 0.15) is 0 Å². The lowest BCUT2D eigenvalue weighted by Gasteiger charge is -2.20. The summed E-state index contributed by atoms with van der Waals surface area (Å²) < 4.78 is 0. The van der Waals surface area contributed by atoms with Gasteiger partial charge in [-0.2, -0.15) is 0 Å². The zero-order chi connectivity index (χ0) is 19.7. The second-order valence-electron chi connectivity index (χ2n) is 6.32. The summed E-state index contributed by atoms with van der Waals surface area (Å²) in [5.74, 6) is 0.0824. The highest BCUT2D eigenvalue weighted by molar-refractivity contribution is 7.99. The number of nitrogens with one attached hydrogen (secondary N) is 1. The predicted octanol–water partition coefficient (Wildman–Crippen LogP) is 4.83. The van der Waals surface area contributed by atoms with Crippen LogP contribution in [0.5, 0.6) is 0 Å². The number of hydrogen-bond donors (Lipinski definition) is 1. The molecule has 3 aromatic rings. The van der Waals surface area contributed by atoms with E-state index in [-0.39, 0.29) is 23.0 Å². The molecule has 0 spiro atoms. The van der Waals surface area contributed by atoms with Crippen molar-refractivity contribution in [3.63, 3.8) is 0 Å². The number of thioether (sulfide) groups is 1. The Hall–Kier alpha value is -3.18. The minimum atomic E-state index is -0.302. The average Bonchev–Trinajstić information content (AvgIpc) is 2.72. The molecule has 0 unspecified atom stereocenters. The molecule has 0 bridgehead atoms. The van der Waals surface area contributed by atoms with Gasteiger partial charge >= 0.3 is 0 Å². The van der Waals surface area contributed by atoms with E-state index in [2.05, 4.69) is 5.32 Å². The maximum atomic E-state index is 13.1. The second-order valence-corrected chi connectivity index (χ2v) is 7.62. The van der Waals surface area contributed by atoms with Crippen LogP contribution < -0.4 is 5.32 Å². The van der Waals surface area contributed by atoms with Crippen molar-refractivity contribution in [1.29, 1.82) is 0 Å². The van der Waals surface area contributed by atoms with Crippen LogP contribution in [0.3, 0.4) is 0 Å². The number of rotatable bonds is 4. The van der Waals surface area contributed by atoms with Gasteiger partial charge in [0.2, 0.25) is 0 Å². The van der Waals surface area contributed by atoms with Crippen LogP contribution in [0.15, 0.2) is 71.6 Å². The molecule has 0 aromatic heterocycles. The van der Waals surface area contributed by atoms with Gasteiger partial charge in [-0.3, -0.25) is 14.4 Å². The number of anilines is 1. The molecule has 1 amide bonds. The van der Waals surface area contributed by atoms with Crippen LogP contribution in [0.1, 0.15) is 49.1 Å². The Morgan fingerprint density at radius 1 is 0.821 bits per heavy atom. The van der Waals surface area contributed by atoms with Crippen LogP contribution >= 0.6 is 11.8 Å². The zero-order valence-corrected chi connectivity index (χ0v) is 16.0. The van der Waals surface area contributed by atoms with E-state index in [4.69, 9.17) is 0 Å². The highest BCUT2D eigenvalue weighted by atomic mass is 32.2. The van der Waals surface area contributed by atoms with Crippen molar-refractivity contribution in [2.75, 3.05) is 11.1 Å². The summed E-state index contributed by atoms with van der Waals surface area (Å²) in [5, 5.41) is 2.84. The Morgan fingerprint density at radius 3 is 2.21 bits per heavy atom. The van der Waals surface area contributed by atoms with Crippen LogP contribution in [-0.2, 0) is 0 Å². The topological polar surface area (TPSA) is 63.2 Å². The molecule has 0 saturated carbocycles. The third-order valence-electron chi connectivity index (χ3n) is 4.63. The smallest absolute Gasteiger partial charge is 0.256 e. The van der Waals surface area contributed by atoms with Crippen LogP contribution in [0.4, 0.5) is 5.69 Å². The fourth-order valence-electron chi connectivity index (χ4n) is 3.37. The summed E-state index contributed by atoms with van der Waals surface area (Å²) in [4.78, 5) is 39.7. The Kier molecular flexibility index (Phi) is 4.84. The van der Waals surface area contributed by atoms with Gasteiger partial charge in [0.25, 0.3) is 5.91 Å². The molecular formula is C23H17NO3S. The quantitative estimate of drug-likeness (QED) is 0.510. The first-order chi connectivity index (χ1) is 13.6. The van der Waals surface area contributed by atoms with Crippen LogP contribution in [0, 0.1) is 0 Å². The number of carbonyl (C=O) groups excluding carboxylic acids is 3. The van der Waals surface area contributed by atoms with Crippen molar-refractivity contribution < 1.29 is 14.4 Å². The van der Waals surface area contributed by atoms with Gasteiger partial charge in [0.15, 0.2) is 11.6 Å². The zero-order valence-electron chi connectivity index (χ0n) is 15.2. The predicted molar refractivity (Wildman–Crippen MR) is 111 cm³/mol. The second kappa shape index (κ2) is 7.44. The lowest BCUT2D eigenvalue weighted by Crippen LogP contribution is -2.24. The minimum absolute atomic E-state index is 0.205. The van der Waals surface area contributed by atoms with E-state index in [0.29, 0.717) is 27.9 Å². The summed E-state index contributed by atoms with van der Waals surface area (Å²) in [5.41, 5.74) is 2.23. The van der Waals surface area contributed by atoms with Crippen LogP contribution in [0.2, 0.25) is 0 Å². The first-order valence-electron chi connectivity index (χ1n) is 8.96. The summed E-state index contributed by atoms with van der Waals surface area (Å²) in [6, 6.07) is 19.1. The third-order valence-corrected chi connectivity index (χ3v) is 5.59. The molecule has 28 heavy (non-hydrogen) atoms. The van der Waals surface area contributed by atoms with Gasteiger partial charge < -0.3 is 5.32 Å². The Balaban J connectivity index is 1.75. The van der Waals surface area contributed by atoms with Crippen molar-refractivity contribution in [1.82, 2.24) is 0 Å². The summed E-state index contributed by atoms with van der Waals surface area (Å²) in [6.07, 6.45) is 0. The average molecular weight is 387 g/mol. The molecule has 3 aromatic carbocycles. The van der Waals surface area contributed by atoms with Gasteiger partial charge in [-0.15, -0.1) is 11.8 Å². The maximum Gasteiger partial charge on any atom is 0.256 e. The lowest BCUT2D eigenvalue weighted by molar-refractivity contribution is 0.0978. The first kappa shape index (κ1) is 18.2. The van der Waals surface area contributed by atoms with Crippen LogP contribution in [-0.4, -0.2) is 23.2 Å². The number of ketones is 2. The molecule has 0 fully saturated rings. The molecule has 0 heterocycles. The molecule has 5 heteroatoms. The largest absolute Gasteiger partial charge is 0.321 e. The van der Waals surface area contributed by atoms with Gasteiger partial charge in [0, 0.05) is 21.6 Å². The summed E-state index contributed by atoms with van der Waals surface area (Å²) >= 11 is 1.58. The molecule has 1 aliphatic carbocycles. The molecule has 4 rings (SSSR count). The van der Waals surface area contributed by atoms with Gasteiger partial charge in [-0.25, -0.2) is 0 Å². The number of fused-ring (bicyclic) bond motifs is 2. The van der Waals surface area contributed by atoms with Gasteiger partial charge in [-0.1, -0.05) is 55.5 Å². The number of carbonyl (C=O) groups is 3. The van der Waals surface area contributed by atoms with E-state index in [1.165, 1.54) is 0 Å². The van der Waals surface area contributed by atoms with Gasteiger partial charge in [-0.05, 0) is 24.0 Å². The molecule has 0 aliphatic heterocycles. The monoisotopic (exact) mass is 387 g/mol. The first-order valence-corrected chi connectivity index (χ1v) is 9.95. The number of hydrogen-bond acceptors (Lipinski definition) is 4. The van der Waals surface area contributed by atoms with Crippen molar-refractivity contribution in [2.45, 2.75) is 11.8 Å². The normalized spacial score (nSPS) is 12.3. The molecule has 4 nitrogen and oxygen atoms in total. The van der Waals surface area contributed by atoms with E-state index in [1.807, 2.05) is 19.1 Å². The highest BCUT2D eigenvalue weighted by Crippen LogP contribution is 2.32. The van der Waals surface area contributed by atoms with Crippen molar-refractivity contribution in [2.24, 2.45) is 0 Å². The fourth-order valence-corrected chi connectivity index (χ4v) is 4.18. The van der Waals surface area contributed by atoms with E-state index in [1.54, 1.807) is 66.4 Å². The summed E-state index contributed by atoms with van der Waals surface area (Å²) in [6.45, 7) is 2.02. The van der Waals surface area contributed by atoms with E-state index in [9.17, 15) is 14.4 Å². The van der Waals surface area contributed by atoms with Crippen molar-refractivity contribution >= 4 is 34.9 Å². The lowest BCUT2D eigenvalue weighted by atomic mass is 9.83. The highest BCUT2D eigenvalue weighted by Gasteiger charge is 2.31. The molecule has 138 valence electrons. The summed E-state index contributed by atoms with van der Waals surface area (Å²) in [7, 11) is 0. The van der Waals surface area contributed by atoms with E-state index < -0.39 is 0 Å². The Labute approximate surface area is 167 Å². The molecule has 1 aliphatic rings. The van der Waals surface area contributed by atoms with E-state index >= 15 is 0 Å². The number of amides is 1. The molecule has 0 atom stereocenters. The van der Waals surface area contributed by atoms with Gasteiger partial charge in [0.05, 0.1) is 16.8 Å². The molecule has 0 saturated heterocycles. The van der Waals surface area contributed by atoms with Crippen LogP contribution in [0.25, 0.3) is 0 Å². The third kappa shape index (κ3) is 3.04. The van der Waals surface area contributed by atoms with Crippen molar-refractivity contribution in [3.8, 4) is 0 Å². The maximum absolute atomic E-state index is 13.1. The van der Waals surface area contributed by atoms with Crippen molar-refractivity contribution in [3.05, 3.63) is 94.5 Å². The van der Waals surface area contributed by atoms with E-state index in [0.717, 1.165) is 10.6 Å². The molecular weight excluding hydrogens is 370 g/mol. The Morgan fingerprint density at radius 2 is 1.46 bits per heavy atom. The fraction of sp³-hybridized carbons (Fsp3) is 0.0870. The molecule has 0 radical (unpaired) electrons.